The fraction of sp³-hybridized carbons (Fsp3) is 1.00. The largest absolute Gasteiger partial charge is 0.314 e. The second kappa shape index (κ2) is 7.08. The maximum absolute atomic E-state index is 3.80. The number of piperidine rings is 1. The van der Waals surface area contributed by atoms with Crippen molar-refractivity contribution in [3.8, 4) is 0 Å². The third-order valence-corrected chi connectivity index (χ3v) is 5.20. The summed E-state index contributed by atoms with van der Waals surface area (Å²) in [5.41, 5.74) is 0.567. The average Bonchev–Trinajstić information content (AvgIpc) is 2.35. The Kier molecular flexibility index (Phi) is 5.70. The van der Waals surface area contributed by atoms with Crippen molar-refractivity contribution in [3.05, 3.63) is 0 Å². The topological polar surface area (TPSA) is 15.3 Å². The molecule has 0 aromatic carbocycles. The van der Waals surface area contributed by atoms with E-state index in [1.54, 1.807) is 0 Å². The van der Waals surface area contributed by atoms with E-state index in [9.17, 15) is 0 Å². The predicted octanol–water partition coefficient (Wildman–Crippen LogP) is 3.81. The van der Waals surface area contributed by atoms with Gasteiger partial charge in [0.05, 0.1) is 0 Å². The number of likely N-dealkylation sites (tertiary alicyclic amines) is 1. The van der Waals surface area contributed by atoms with E-state index >= 15 is 0 Å². The van der Waals surface area contributed by atoms with Crippen LogP contribution >= 0.6 is 0 Å². The van der Waals surface area contributed by atoms with Crippen molar-refractivity contribution < 1.29 is 0 Å². The summed E-state index contributed by atoms with van der Waals surface area (Å²) in [4.78, 5) is 2.69. The van der Waals surface area contributed by atoms with Gasteiger partial charge in [0.2, 0.25) is 0 Å². The summed E-state index contributed by atoms with van der Waals surface area (Å²) in [6.45, 7) is 11.1. The van der Waals surface area contributed by atoms with E-state index in [1.807, 2.05) is 0 Å². The number of nitrogens with one attached hydrogen (secondary N) is 1. The maximum atomic E-state index is 3.80. The van der Waals surface area contributed by atoms with Crippen LogP contribution in [0.3, 0.4) is 0 Å². The van der Waals surface area contributed by atoms with E-state index in [4.69, 9.17) is 0 Å². The molecule has 2 atom stereocenters. The minimum Gasteiger partial charge on any atom is -0.314 e. The van der Waals surface area contributed by atoms with Crippen LogP contribution in [0.4, 0.5) is 0 Å². The molecule has 2 heteroatoms. The van der Waals surface area contributed by atoms with Crippen molar-refractivity contribution >= 4 is 0 Å². The molecule has 1 N–H and O–H groups in total. The normalized spacial score (nSPS) is 32.4. The van der Waals surface area contributed by atoms with Crippen molar-refractivity contribution in [2.75, 3.05) is 19.6 Å². The van der Waals surface area contributed by atoms with Gasteiger partial charge in [0, 0.05) is 12.1 Å². The summed E-state index contributed by atoms with van der Waals surface area (Å²) in [5, 5.41) is 3.80. The van der Waals surface area contributed by atoms with Crippen LogP contribution < -0.4 is 5.32 Å². The molecule has 1 aliphatic heterocycles. The average molecular weight is 266 g/mol. The lowest BCUT2D eigenvalue weighted by molar-refractivity contribution is 0.155. The Morgan fingerprint density at radius 2 is 2.00 bits per heavy atom. The summed E-state index contributed by atoms with van der Waals surface area (Å²) in [6, 6.07) is 1.60. The van der Waals surface area contributed by atoms with Crippen LogP contribution in [0.1, 0.15) is 72.1 Å². The molecule has 1 aliphatic carbocycles. The first-order valence-corrected chi connectivity index (χ1v) is 8.54. The Morgan fingerprint density at radius 1 is 1.16 bits per heavy atom. The maximum Gasteiger partial charge on any atom is 0.00721 e. The van der Waals surface area contributed by atoms with Gasteiger partial charge >= 0.3 is 0 Å². The van der Waals surface area contributed by atoms with Gasteiger partial charge in [-0.1, -0.05) is 26.7 Å². The van der Waals surface area contributed by atoms with Gasteiger partial charge in [-0.3, -0.25) is 0 Å². The molecule has 0 amide bonds. The van der Waals surface area contributed by atoms with Gasteiger partial charge in [0.15, 0.2) is 0 Å². The molecule has 2 nitrogen and oxygen atoms in total. The van der Waals surface area contributed by atoms with Crippen molar-refractivity contribution in [3.63, 3.8) is 0 Å². The van der Waals surface area contributed by atoms with Crippen molar-refractivity contribution in [1.29, 1.82) is 0 Å². The van der Waals surface area contributed by atoms with Crippen LogP contribution in [0, 0.1) is 5.41 Å². The highest BCUT2D eigenvalue weighted by Crippen LogP contribution is 2.34. The summed E-state index contributed by atoms with van der Waals surface area (Å²) >= 11 is 0. The molecule has 19 heavy (non-hydrogen) atoms. The zero-order chi connectivity index (χ0) is 13.7. The van der Waals surface area contributed by atoms with Gasteiger partial charge in [0.25, 0.3) is 0 Å². The molecular weight excluding hydrogens is 232 g/mol. The molecule has 0 bridgehead atoms. The second-order valence-corrected chi connectivity index (χ2v) is 7.65. The SMILES string of the molecule is CC1CCCCN1CCCNC1CCCC(C)(C)C1. The molecule has 1 saturated heterocycles. The Bertz CT molecular complexity index is 262. The lowest BCUT2D eigenvalue weighted by Gasteiger charge is -2.36. The quantitative estimate of drug-likeness (QED) is 0.761. The van der Waals surface area contributed by atoms with Crippen molar-refractivity contribution in [2.24, 2.45) is 5.41 Å². The smallest absolute Gasteiger partial charge is 0.00721 e. The van der Waals surface area contributed by atoms with E-state index in [-0.39, 0.29) is 0 Å². The molecule has 1 heterocycles. The van der Waals surface area contributed by atoms with Gasteiger partial charge in [-0.15, -0.1) is 0 Å². The molecule has 0 spiro atoms. The van der Waals surface area contributed by atoms with Crippen molar-refractivity contribution in [2.45, 2.75) is 84.2 Å². The first-order chi connectivity index (χ1) is 9.07. The first kappa shape index (κ1) is 15.3. The second-order valence-electron chi connectivity index (χ2n) is 7.65. The van der Waals surface area contributed by atoms with E-state index in [1.165, 1.54) is 71.0 Å². The lowest BCUT2D eigenvalue weighted by atomic mass is 9.75. The number of rotatable bonds is 5. The molecule has 2 rings (SSSR count). The Morgan fingerprint density at radius 3 is 2.74 bits per heavy atom. The molecule has 0 aromatic rings. The molecular formula is C17H34N2. The summed E-state index contributed by atoms with van der Waals surface area (Å²) < 4.78 is 0. The number of hydrogen-bond donors (Lipinski definition) is 1. The molecule has 2 unspecified atom stereocenters. The van der Waals surface area contributed by atoms with Gasteiger partial charge in [-0.2, -0.15) is 0 Å². The molecule has 0 aromatic heterocycles. The number of hydrogen-bond acceptors (Lipinski definition) is 2. The fourth-order valence-corrected chi connectivity index (χ4v) is 3.95. The van der Waals surface area contributed by atoms with Gasteiger partial charge in [-0.25, -0.2) is 0 Å². The highest BCUT2D eigenvalue weighted by atomic mass is 15.2. The summed E-state index contributed by atoms with van der Waals surface area (Å²) in [5.74, 6) is 0. The summed E-state index contributed by atoms with van der Waals surface area (Å²) in [6.07, 6.45) is 11.2. The minimum absolute atomic E-state index is 0.567. The van der Waals surface area contributed by atoms with E-state index in [0.29, 0.717) is 5.41 Å². The first-order valence-electron chi connectivity index (χ1n) is 8.54. The van der Waals surface area contributed by atoms with Gasteiger partial charge in [0.1, 0.15) is 0 Å². The zero-order valence-corrected chi connectivity index (χ0v) is 13.4. The third-order valence-electron chi connectivity index (χ3n) is 5.20. The van der Waals surface area contributed by atoms with Crippen LogP contribution in [0.5, 0.6) is 0 Å². The zero-order valence-electron chi connectivity index (χ0n) is 13.4. The van der Waals surface area contributed by atoms with E-state index in [0.717, 1.165) is 12.1 Å². The van der Waals surface area contributed by atoms with Crippen LogP contribution in [0.2, 0.25) is 0 Å². The van der Waals surface area contributed by atoms with E-state index < -0.39 is 0 Å². The Balaban J connectivity index is 1.58. The summed E-state index contributed by atoms with van der Waals surface area (Å²) in [7, 11) is 0. The Labute approximate surface area is 120 Å². The molecule has 1 saturated carbocycles. The van der Waals surface area contributed by atoms with Gasteiger partial charge < -0.3 is 10.2 Å². The molecule has 0 radical (unpaired) electrons. The molecule has 2 aliphatic rings. The molecule has 2 fully saturated rings. The third kappa shape index (κ3) is 5.07. The molecule has 112 valence electrons. The van der Waals surface area contributed by atoms with Crippen LogP contribution in [0.15, 0.2) is 0 Å². The highest BCUT2D eigenvalue weighted by Gasteiger charge is 2.27. The predicted molar refractivity (Wildman–Crippen MR) is 83.5 cm³/mol. The number of nitrogens with zero attached hydrogens (tertiary/aromatic N) is 1. The van der Waals surface area contributed by atoms with E-state index in [2.05, 4.69) is 31.0 Å². The van der Waals surface area contributed by atoms with Crippen molar-refractivity contribution in [1.82, 2.24) is 10.2 Å². The van der Waals surface area contributed by atoms with Crippen LogP contribution in [0.25, 0.3) is 0 Å². The van der Waals surface area contributed by atoms with Crippen LogP contribution in [-0.2, 0) is 0 Å². The van der Waals surface area contributed by atoms with Crippen LogP contribution in [-0.4, -0.2) is 36.6 Å². The standard InChI is InChI=1S/C17H34N2/c1-15-8-4-5-12-19(15)13-7-11-18-16-9-6-10-17(2,3)14-16/h15-16,18H,4-14H2,1-3H3. The monoisotopic (exact) mass is 266 g/mol. The minimum atomic E-state index is 0.567. The Hall–Kier alpha value is -0.0800. The van der Waals surface area contributed by atoms with Gasteiger partial charge in [-0.05, 0) is 70.5 Å². The highest BCUT2D eigenvalue weighted by molar-refractivity contribution is 4.83. The lowest BCUT2D eigenvalue weighted by Crippen LogP contribution is -2.41. The fourth-order valence-electron chi connectivity index (χ4n) is 3.95.